The summed E-state index contributed by atoms with van der Waals surface area (Å²) < 4.78 is 53.2. The van der Waals surface area contributed by atoms with E-state index in [0.29, 0.717) is 4.68 Å². The summed E-state index contributed by atoms with van der Waals surface area (Å²) in [7, 11) is 0. The lowest BCUT2D eigenvalue weighted by Crippen LogP contribution is -2.33. The minimum Gasteiger partial charge on any atom is -0.435 e. The second-order valence-electron chi connectivity index (χ2n) is 5.41. The molecule has 0 saturated carbocycles. The maximum absolute atomic E-state index is 12.2. The van der Waals surface area contributed by atoms with Crippen LogP contribution in [0.15, 0.2) is 37.0 Å². The average Bonchev–Trinajstić information content (AvgIpc) is 2.77. The van der Waals surface area contributed by atoms with Gasteiger partial charge in [-0.2, -0.15) is 9.94 Å². The third-order valence-corrected chi connectivity index (χ3v) is 4.20. The molecule has 0 aliphatic rings. The quantitative estimate of drug-likeness (QED) is 0.576. The molecule has 0 bridgehead atoms. The minimum atomic E-state index is -2.61. The van der Waals surface area contributed by atoms with Gasteiger partial charge in [0.15, 0.2) is 5.75 Å². The number of rotatable bonds is 4. The first-order valence-electron chi connectivity index (χ1n) is 10.6. The number of nitrogens with one attached hydrogen (secondary N) is 2. The molecule has 0 aliphatic heterocycles. The Labute approximate surface area is 184 Å². The summed E-state index contributed by atoms with van der Waals surface area (Å²) in [5, 5.41) is 17.7. The van der Waals surface area contributed by atoms with Crippen LogP contribution < -0.4 is 21.5 Å². The molecule has 1 atom stereocenters. The maximum Gasteiger partial charge on any atom is 0.349 e. The molecule has 3 aromatic rings. The molecule has 0 amide bonds. The van der Waals surface area contributed by atoms with Crippen LogP contribution in [0.25, 0.3) is 5.69 Å². The van der Waals surface area contributed by atoms with Crippen molar-refractivity contribution in [2.24, 2.45) is 0 Å². The van der Waals surface area contributed by atoms with Crippen LogP contribution in [0, 0.1) is 11.3 Å². The fourth-order valence-corrected chi connectivity index (χ4v) is 2.88. The molecule has 10 nitrogen and oxygen atoms in total. The van der Waals surface area contributed by atoms with Gasteiger partial charge >= 0.3 is 5.69 Å². The molecule has 1 aromatic carbocycles. The summed E-state index contributed by atoms with van der Waals surface area (Å²) in [6, 6.07) is -0.428. The second kappa shape index (κ2) is 8.02. The molecule has 3 rings (SSSR count). The predicted octanol–water partition coefficient (Wildman–Crippen LogP) is 2.21. The number of nitrogens with zero attached hydrogens (tertiary/aromatic N) is 4. The third kappa shape index (κ3) is 4.13. The molecule has 2 aromatic heterocycles. The Morgan fingerprint density at radius 1 is 1.38 bits per heavy atom. The van der Waals surface area contributed by atoms with Gasteiger partial charge < -0.3 is 4.74 Å². The van der Waals surface area contributed by atoms with Gasteiger partial charge in [0.05, 0.1) is 19.3 Å². The second-order valence-corrected chi connectivity index (χ2v) is 6.58. The summed E-state index contributed by atoms with van der Waals surface area (Å²) in [5.41, 5.74) is -4.76. The summed E-state index contributed by atoms with van der Waals surface area (Å²) in [4.78, 5) is 37.9. The topological polar surface area (TPSA) is 147 Å². The number of H-pyrrole nitrogens is 2. The van der Waals surface area contributed by atoms with E-state index in [4.69, 9.17) is 29.8 Å². The van der Waals surface area contributed by atoms with Crippen molar-refractivity contribution in [2.45, 2.75) is 19.7 Å². The van der Waals surface area contributed by atoms with Gasteiger partial charge in [0.2, 0.25) is 11.6 Å². The molecule has 0 radical (unpaired) electrons. The number of hydrogen-bond donors (Lipinski definition) is 2. The highest BCUT2D eigenvalue weighted by atomic mass is 79.9. The Hall–Kier alpha value is -3.23. The largest absolute Gasteiger partial charge is 0.435 e. The Kier molecular flexibility index (Phi) is 3.83. The van der Waals surface area contributed by atoms with E-state index < -0.39 is 81.3 Å². The molecule has 1 unspecified atom stereocenters. The SMILES string of the molecule is [2H]c1c(Cl)c(Oc2n[nH]c(=O)c(C(C)C([2H])([2H])[2H])c2[2H])c(Br)c([2H])c1-n1nc(C#N)c(=O)[nH]c1=O. The lowest BCUT2D eigenvalue weighted by atomic mass is 10.1. The van der Waals surface area contributed by atoms with E-state index in [-0.39, 0.29) is 4.47 Å². The van der Waals surface area contributed by atoms with Crippen LogP contribution in [-0.4, -0.2) is 25.0 Å². The summed E-state index contributed by atoms with van der Waals surface area (Å²) >= 11 is 9.29. The van der Waals surface area contributed by atoms with Crippen molar-refractivity contribution in [1.29, 1.82) is 5.26 Å². The van der Waals surface area contributed by atoms with E-state index in [1.807, 2.05) is 10.1 Å². The maximum atomic E-state index is 12.2. The van der Waals surface area contributed by atoms with Crippen molar-refractivity contribution in [3.8, 4) is 23.4 Å². The zero-order valence-electron chi connectivity index (χ0n) is 20.3. The van der Waals surface area contributed by atoms with Crippen LogP contribution in [0.5, 0.6) is 11.6 Å². The number of hydrogen-bond acceptors (Lipinski definition) is 7. The number of nitriles is 1. The first kappa shape index (κ1) is 13.9. The molecular formula is C17H12BrClN6O4. The van der Waals surface area contributed by atoms with Crippen molar-refractivity contribution in [3.63, 3.8) is 0 Å². The van der Waals surface area contributed by atoms with E-state index in [1.54, 1.807) is 0 Å². The van der Waals surface area contributed by atoms with Gasteiger partial charge in [0.1, 0.15) is 6.07 Å². The monoisotopic (exact) mass is 484 g/mol. The summed E-state index contributed by atoms with van der Waals surface area (Å²) in [6.45, 7) is -1.38. The number of aromatic nitrogens is 5. The van der Waals surface area contributed by atoms with Crippen molar-refractivity contribution in [3.05, 3.63) is 70.1 Å². The number of halogens is 2. The summed E-state index contributed by atoms with van der Waals surface area (Å²) in [5.74, 6) is -2.34. The zero-order chi connectivity index (χ0) is 26.4. The average molecular weight is 486 g/mol. The van der Waals surface area contributed by atoms with Gasteiger partial charge in [-0.3, -0.25) is 14.6 Å². The molecule has 0 saturated heterocycles. The third-order valence-electron chi connectivity index (χ3n) is 3.38. The first-order valence-corrected chi connectivity index (χ1v) is 8.77. The molecule has 2 heterocycles. The fourth-order valence-electron chi connectivity index (χ4n) is 2.08. The Bertz CT molecular complexity index is 1550. The van der Waals surface area contributed by atoms with Crippen molar-refractivity contribution in [1.82, 2.24) is 25.0 Å². The molecule has 29 heavy (non-hydrogen) atoms. The van der Waals surface area contributed by atoms with Crippen molar-refractivity contribution in [2.75, 3.05) is 0 Å². The van der Waals surface area contributed by atoms with Gasteiger partial charge in [-0.1, -0.05) is 25.4 Å². The smallest absolute Gasteiger partial charge is 0.349 e. The van der Waals surface area contributed by atoms with E-state index in [2.05, 4.69) is 26.1 Å². The number of benzene rings is 1. The fraction of sp³-hybridized carbons (Fsp3) is 0.176. The highest BCUT2D eigenvalue weighted by molar-refractivity contribution is 9.10. The van der Waals surface area contributed by atoms with Crippen LogP contribution in [-0.2, 0) is 0 Å². The van der Waals surface area contributed by atoms with E-state index in [1.165, 1.54) is 13.0 Å². The highest BCUT2D eigenvalue weighted by Crippen LogP contribution is 2.37. The van der Waals surface area contributed by atoms with Crippen molar-refractivity contribution >= 4 is 27.5 Å². The Morgan fingerprint density at radius 3 is 2.83 bits per heavy atom. The predicted molar refractivity (Wildman–Crippen MR) is 107 cm³/mol. The molecule has 0 fully saturated rings. The lowest BCUT2D eigenvalue weighted by molar-refractivity contribution is 0.449. The van der Waals surface area contributed by atoms with Crippen molar-refractivity contribution < 1.29 is 13.0 Å². The standard InChI is InChI=1S/C17H12BrClN6O4/c1-7(2)9-5-13(22-23-15(9)26)29-14-10(18)3-8(4-11(14)19)25-17(28)21-16(27)12(6-20)24-25/h3-5,7H,1-2H3,(H,23,26)(H,21,27,28)/i1D3,3D,4D,5D. The molecule has 0 aliphatic carbocycles. The highest BCUT2D eigenvalue weighted by Gasteiger charge is 2.16. The van der Waals surface area contributed by atoms with Crippen LogP contribution in [0.3, 0.4) is 0 Å². The van der Waals surface area contributed by atoms with E-state index >= 15 is 0 Å². The zero-order valence-corrected chi connectivity index (χ0v) is 16.6. The Morgan fingerprint density at radius 2 is 2.14 bits per heavy atom. The summed E-state index contributed by atoms with van der Waals surface area (Å²) in [6.07, 6.45) is 0. The van der Waals surface area contributed by atoms with Gasteiger partial charge in [-0.25, -0.2) is 9.89 Å². The molecule has 12 heteroatoms. The number of ether oxygens (including phenoxy) is 1. The normalized spacial score (nSPS) is 15.1. The van der Waals surface area contributed by atoms with Crippen LogP contribution >= 0.6 is 27.5 Å². The molecule has 2 N–H and O–H groups in total. The van der Waals surface area contributed by atoms with E-state index in [0.717, 1.165) is 0 Å². The molecule has 0 spiro atoms. The van der Waals surface area contributed by atoms with Crippen LogP contribution in [0.1, 0.15) is 39.2 Å². The lowest BCUT2D eigenvalue weighted by Gasteiger charge is -2.12. The van der Waals surface area contributed by atoms with Crippen LogP contribution in [0.2, 0.25) is 5.02 Å². The van der Waals surface area contributed by atoms with E-state index in [9.17, 15) is 14.4 Å². The Balaban J connectivity index is 2.22. The van der Waals surface area contributed by atoms with Gasteiger partial charge in [-0.05, 0) is 33.9 Å². The minimum absolute atomic E-state index is 0.246. The number of aromatic amines is 2. The van der Waals surface area contributed by atoms with Gasteiger partial charge in [-0.15, -0.1) is 10.2 Å². The molecule has 148 valence electrons. The first-order chi connectivity index (χ1) is 16.2. The molecular weight excluding hydrogens is 468 g/mol. The van der Waals surface area contributed by atoms with Gasteiger partial charge in [0, 0.05) is 15.7 Å². The van der Waals surface area contributed by atoms with Crippen LogP contribution in [0.4, 0.5) is 0 Å². The van der Waals surface area contributed by atoms with Gasteiger partial charge in [0.25, 0.3) is 11.1 Å².